The van der Waals surface area contributed by atoms with E-state index < -0.39 is 0 Å². The first-order valence-electron chi connectivity index (χ1n) is 10.3. The fraction of sp³-hybridized carbons (Fsp3) is 0.818. The number of hydrogen-bond donors (Lipinski definition) is 1. The van der Waals surface area contributed by atoms with E-state index >= 15 is 0 Å². The highest BCUT2D eigenvalue weighted by molar-refractivity contribution is 4.91. The predicted octanol–water partition coefficient (Wildman–Crippen LogP) is 7.17. The van der Waals surface area contributed by atoms with Gasteiger partial charge in [0.2, 0.25) is 0 Å². The second-order valence-corrected chi connectivity index (χ2v) is 7.02. The lowest BCUT2D eigenvalue weighted by atomic mass is 10.00. The monoisotopic (exact) mass is 321 g/mol. The molecule has 136 valence electrons. The molecule has 0 atom stereocenters. The minimum absolute atomic E-state index is 0.524. The molecule has 0 amide bonds. The Morgan fingerprint density at radius 3 is 1.13 bits per heavy atom. The summed E-state index contributed by atoms with van der Waals surface area (Å²) in [6.45, 7) is 8.56. The summed E-state index contributed by atoms with van der Waals surface area (Å²) in [4.78, 5) is 0. The maximum Gasteiger partial charge on any atom is -0.00589 e. The highest BCUT2D eigenvalue weighted by atomic mass is 14.5. The van der Waals surface area contributed by atoms with Gasteiger partial charge in [-0.25, -0.2) is 0 Å². The van der Waals surface area contributed by atoms with Gasteiger partial charge in [0.15, 0.2) is 0 Å². The van der Waals surface area contributed by atoms with Crippen LogP contribution in [0.3, 0.4) is 0 Å². The summed E-state index contributed by atoms with van der Waals surface area (Å²) in [5.74, 6) is 0.524. The highest BCUT2D eigenvalue weighted by Crippen LogP contribution is 2.15. The molecule has 0 saturated heterocycles. The van der Waals surface area contributed by atoms with Crippen LogP contribution >= 0.6 is 0 Å². The average molecular weight is 322 g/mol. The van der Waals surface area contributed by atoms with Crippen molar-refractivity contribution in [2.24, 2.45) is 11.7 Å². The third kappa shape index (κ3) is 17.6. The van der Waals surface area contributed by atoms with Gasteiger partial charge < -0.3 is 5.73 Å². The van der Waals surface area contributed by atoms with E-state index in [-0.39, 0.29) is 0 Å². The Morgan fingerprint density at radius 1 is 0.522 bits per heavy atom. The molecule has 0 aliphatic rings. The molecule has 0 spiro atoms. The van der Waals surface area contributed by atoms with Gasteiger partial charge in [0.25, 0.3) is 0 Å². The molecule has 23 heavy (non-hydrogen) atoms. The van der Waals surface area contributed by atoms with E-state index in [0.29, 0.717) is 5.92 Å². The number of hydrogen-bond acceptors (Lipinski definition) is 1. The molecule has 0 saturated carbocycles. The van der Waals surface area contributed by atoms with E-state index in [1.54, 1.807) is 0 Å². The van der Waals surface area contributed by atoms with Crippen molar-refractivity contribution in [3.05, 3.63) is 25.3 Å². The summed E-state index contributed by atoms with van der Waals surface area (Å²) in [6.07, 6.45) is 26.2. The van der Waals surface area contributed by atoms with Crippen LogP contribution in [0.15, 0.2) is 25.3 Å². The molecule has 1 nitrogen and oxygen atoms in total. The Labute approximate surface area is 146 Å². The van der Waals surface area contributed by atoms with Gasteiger partial charge in [-0.1, -0.05) is 102 Å². The van der Waals surface area contributed by atoms with Crippen LogP contribution < -0.4 is 5.73 Å². The van der Waals surface area contributed by atoms with Crippen molar-refractivity contribution in [2.45, 2.75) is 103 Å². The van der Waals surface area contributed by atoms with Gasteiger partial charge in [0.1, 0.15) is 0 Å². The van der Waals surface area contributed by atoms with E-state index in [1.165, 1.54) is 103 Å². The van der Waals surface area contributed by atoms with Crippen LogP contribution in [0.5, 0.6) is 0 Å². The van der Waals surface area contributed by atoms with E-state index in [0.717, 1.165) is 6.54 Å². The molecule has 0 heterocycles. The van der Waals surface area contributed by atoms with Crippen LogP contribution in [0.2, 0.25) is 0 Å². The summed E-state index contributed by atoms with van der Waals surface area (Å²) in [5.41, 5.74) is 5.50. The molecule has 0 aromatic rings. The molecule has 0 fully saturated rings. The van der Waals surface area contributed by atoms with Crippen molar-refractivity contribution in [1.82, 2.24) is 0 Å². The summed E-state index contributed by atoms with van der Waals surface area (Å²) in [5, 5.41) is 0. The number of allylic oxidation sites excluding steroid dienone is 2. The molecule has 0 rings (SSSR count). The Hall–Kier alpha value is -0.560. The maximum atomic E-state index is 5.50. The second-order valence-electron chi connectivity index (χ2n) is 7.02. The minimum Gasteiger partial charge on any atom is -0.330 e. The Balaban J connectivity index is 3.05. The molecular weight excluding hydrogens is 278 g/mol. The zero-order valence-electron chi connectivity index (χ0n) is 15.7. The number of rotatable bonds is 19. The zero-order chi connectivity index (χ0) is 17.0. The molecule has 1 heteroatoms. The fourth-order valence-electron chi connectivity index (χ4n) is 3.15. The molecule has 2 N–H and O–H groups in total. The third-order valence-electron chi connectivity index (χ3n) is 4.85. The fourth-order valence-corrected chi connectivity index (χ4v) is 3.15. The van der Waals surface area contributed by atoms with E-state index in [4.69, 9.17) is 5.73 Å². The maximum absolute atomic E-state index is 5.50. The normalized spacial score (nSPS) is 11.0. The van der Waals surface area contributed by atoms with Crippen LogP contribution in [0, 0.1) is 5.92 Å². The predicted molar refractivity (Wildman–Crippen MR) is 107 cm³/mol. The molecule has 0 radical (unpaired) electrons. The molecule has 0 aromatic carbocycles. The standard InChI is InChI=1S/C22H43N/c1-3-22(4-2)20-18-16-14-12-10-8-6-5-7-9-11-13-15-17-19-21-23/h3-4,22H,1-2,5-21,23H2. The van der Waals surface area contributed by atoms with Gasteiger partial charge in [-0.2, -0.15) is 0 Å². The number of nitrogens with two attached hydrogens (primary N) is 1. The minimum atomic E-state index is 0.524. The van der Waals surface area contributed by atoms with Crippen LogP contribution in [-0.2, 0) is 0 Å². The summed E-state index contributed by atoms with van der Waals surface area (Å²) in [7, 11) is 0. The lowest BCUT2D eigenvalue weighted by molar-refractivity contribution is 0.523. The van der Waals surface area contributed by atoms with Crippen molar-refractivity contribution < 1.29 is 0 Å². The molecule has 0 unspecified atom stereocenters. The molecule has 0 bridgehead atoms. The first kappa shape index (κ1) is 22.4. The Kier molecular flexibility index (Phi) is 19.0. The van der Waals surface area contributed by atoms with E-state index in [1.807, 2.05) is 12.2 Å². The lowest BCUT2D eigenvalue weighted by Gasteiger charge is -2.06. The van der Waals surface area contributed by atoms with Gasteiger partial charge in [0.05, 0.1) is 0 Å². The molecule has 0 aromatic heterocycles. The van der Waals surface area contributed by atoms with Gasteiger partial charge in [-0.3, -0.25) is 0 Å². The van der Waals surface area contributed by atoms with Gasteiger partial charge in [-0.15, -0.1) is 13.2 Å². The van der Waals surface area contributed by atoms with Crippen molar-refractivity contribution >= 4 is 0 Å². The van der Waals surface area contributed by atoms with Crippen molar-refractivity contribution in [3.8, 4) is 0 Å². The van der Waals surface area contributed by atoms with Crippen molar-refractivity contribution in [2.75, 3.05) is 6.54 Å². The first-order valence-corrected chi connectivity index (χ1v) is 10.3. The first-order chi connectivity index (χ1) is 11.3. The largest absolute Gasteiger partial charge is 0.330 e. The Bertz CT molecular complexity index is 238. The Morgan fingerprint density at radius 2 is 0.826 bits per heavy atom. The van der Waals surface area contributed by atoms with E-state index in [2.05, 4.69) is 13.2 Å². The molecule has 0 aliphatic heterocycles. The topological polar surface area (TPSA) is 26.0 Å². The van der Waals surface area contributed by atoms with Crippen LogP contribution in [0.25, 0.3) is 0 Å². The summed E-state index contributed by atoms with van der Waals surface area (Å²) >= 11 is 0. The van der Waals surface area contributed by atoms with Crippen molar-refractivity contribution in [3.63, 3.8) is 0 Å². The summed E-state index contributed by atoms with van der Waals surface area (Å²) < 4.78 is 0. The average Bonchev–Trinajstić information content (AvgIpc) is 2.58. The van der Waals surface area contributed by atoms with Gasteiger partial charge in [0, 0.05) is 0 Å². The third-order valence-corrected chi connectivity index (χ3v) is 4.85. The van der Waals surface area contributed by atoms with E-state index in [9.17, 15) is 0 Å². The molecular formula is C22H43N. The van der Waals surface area contributed by atoms with Gasteiger partial charge >= 0.3 is 0 Å². The second kappa shape index (κ2) is 19.5. The zero-order valence-corrected chi connectivity index (χ0v) is 15.7. The lowest BCUT2D eigenvalue weighted by Crippen LogP contribution is -1.97. The van der Waals surface area contributed by atoms with Crippen LogP contribution in [-0.4, -0.2) is 6.54 Å². The van der Waals surface area contributed by atoms with Gasteiger partial charge in [-0.05, 0) is 25.3 Å². The van der Waals surface area contributed by atoms with Crippen LogP contribution in [0.1, 0.15) is 103 Å². The highest BCUT2D eigenvalue weighted by Gasteiger charge is 1.98. The van der Waals surface area contributed by atoms with Crippen molar-refractivity contribution in [1.29, 1.82) is 0 Å². The smallest absolute Gasteiger partial charge is 0.00589 e. The molecule has 0 aliphatic carbocycles. The van der Waals surface area contributed by atoms with Crippen LogP contribution in [0.4, 0.5) is 0 Å². The quantitative estimate of drug-likeness (QED) is 0.198. The summed E-state index contributed by atoms with van der Waals surface area (Å²) in [6, 6.07) is 0. The SMILES string of the molecule is C=CC(C=C)CCCCCCCCCCCCCCCCCN. The number of unbranched alkanes of at least 4 members (excludes halogenated alkanes) is 14.